The van der Waals surface area contributed by atoms with Gasteiger partial charge >= 0.3 is 0 Å². The molecule has 0 bridgehead atoms. The molecule has 0 unspecified atom stereocenters. The number of aryl methyl sites for hydroxylation is 2. The number of guanidine groups is 1. The van der Waals surface area contributed by atoms with E-state index in [-0.39, 0.29) is 17.4 Å². The number of benzene rings is 2. The number of rotatable bonds is 7. The van der Waals surface area contributed by atoms with Crippen LogP contribution in [-0.2, 0) is 29.4 Å². The molecule has 0 saturated carbocycles. The molecule has 7 heteroatoms. The molecule has 0 heterocycles. The van der Waals surface area contributed by atoms with E-state index in [0.29, 0.717) is 5.56 Å². The summed E-state index contributed by atoms with van der Waals surface area (Å²) in [4.78, 5) is 4.62. The summed E-state index contributed by atoms with van der Waals surface area (Å²) in [7, 11) is -0.507. The number of hydrogen-bond acceptors (Lipinski definition) is 3. The number of hydrogen-bond donors (Lipinski definition) is 2. The van der Waals surface area contributed by atoms with Gasteiger partial charge in [0, 0.05) is 19.8 Å². The zero-order chi connectivity index (χ0) is 20.0. The minimum atomic E-state index is -3.53. The molecule has 0 atom stereocenters. The van der Waals surface area contributed by atoms with Gasteiger partial charge in [-0.3, -0.25) is 0 Å². The van der Waals surface area contributed by atoms with Gasteiger partial charge in [0.25, 0.3) is 0 Å². The van der Waals surface area contributed by atoms with Gasteiger partial charge in [0.05, 0.1) is 11.4 Å². The van der Waals surface area contributed by atoms with E-state index < -0.39 is 10.0 Å². The van der Waals surface area contributed by atoms with Crippen LogP contribution in [0.3, 0.4) is 0 Å². The summed E-state index contributed by atoms with van der Waals surface area (Å²) in [6.07, 6.45) is 1.76. The highest BCUT2D eigenvalue weighted by atomic mass is 32.2. The molecule has 3 N–H and O–H groups in total. The van der Waals surface area contributed by atoms with E-state index in [1.165, 1.54) is 29.5 Å². The number of aliphatic imine (C=N–C) groups is 1. The summed E-state index contributed by atoms with van der Waals surface area (Å²) in [6, 6.07) is 13.0. The lowest BCUT2D eigenvalue weighted by Gasteiger charge is -2.16. The predicted molar refractivity (Wildman–Crippen MR) is 111 cm³/mol. The molecule has 0 amide bonds. The summed E-state index contributed by atoms with van der Waals surface area (Å²) in [5.41, 5.74) is 10.0. The van der Waals surface area contributed by atoms with Crippen molar-refractivity contribution in [1.29, 1.82) is 0 Å². The Labute approximate surface area is 162 Å². The quantitative estimate of drug-likeness (QED) is 0.564. The smallest absolute Gasteiger partial charge is 0.242 e. The highest BCUT2D eigenvalue weighted by molar-refractivity contribution is 7.89. The van der Waals surface area contributed by atoms with Crippen molar-refractivity contribution in [1.82, 2.24) is 4.31 Å². The highest BCUT2D eigenvalue weighted by Crippen LogP contribution is 2.23. The molecule has 2 aromatic rings. The first-order valence-corrected chi connectivity index (χ1v) is 10.4. The zero-order valence-electron chi connectivity index (χ0n) is 16.4. The Hall–Kier alpha value is -2.38. The predicted octanol–water partition coefficient (Wildman–Crippen LogP) is 2.99. The Bertz CT molecular complexity index is 899. The van der Waals surface area contributed by atoms with Gasteiger partial charge < -0.3 is 11.1 Å². The van der Waals surface area contributed by atoms with Crippen LogP contribution in [0.15, 0.2) is 52.4 Å². The van der Waals surface area contributed by atoms with E-state index in [1.807, 2.05) is 6.07 Å². The van der Waals surface area contributed by atoms with Crippen LogP contribution in [0, 0.1) is 0 Å². The first-order chi connectivity index (χ1) is 12.8. The second kappa shape index (κ2) is 9.01. The lowest BCUT2D eigenvalue weighted by molar-refractivity contribution is 0.519. The molecule has 0 spiro atoms. The Kier molecular flexibility index (Phi) is 6.98. The van der Waals surface area contributed by atoms with Gasteiger partial charge in [0.1, 0.15) is 0 Å². The molecular weight excluding hydrogens is 360 g/mol. The van der Waals surface area contributed by atoms with Gasteiger partial charge in [-0.25, -0.2) is 17.7 Å². The SMILES string of the molecule is CCc1cccc(CC)c1NC(N)=NCc1ccccc1S(=O)(=O)N(C)C. The average molecular weight is 389 g/mol. The number of nitrogens with one attached hydrogen (secondary N) is 1. The summed E-state index contributed by atoms with van der Waals surface area (Å²) < 4.78 is 26.2. The fourth-order valence-electron chi connectivity index (χ4n) is 2.82. The minimum Gasteiger partial charge on any atom is -0.370 e. The van der Waals surface area contributed by atoms with Crippen molar-refractivity contribution in [2.75, 3.05) is 19.4 Å². The molecule has 6 nitrogen and oxygen atoms in total. The maximum absolute atomic E-state index is 12.5. The largest absolute Gasteiger partial charge is 0.370 e. The van der Waals surface area contributed by atoms with Gasteiger partial charge in [-0.2, -0.15) is 0 Å². The molecule has 0 fully saturated rings. The number of para-hydroxylation sites is 1. The molecule has 2 rings (SSSR count). The molecule has 0 aliphatic carbocycles. The Morgan fingerprint density at radius 3 is 2.11 bits per heavy atom. The van der Waals surface area contributed by atoms with E-state index in [0.717, 1.165) is 18.5 Å². The Morgan fingerprint density at radius 1 is 1.00 bits per heavy atom. The lowest BCUT2D eigenvalue weighted by atomic mass is 10.0. The molecule has 146 valence electrons. The fraction of sp³-hybridized carbons (Fsp3) is 0.350. The van der Waals surface area contributed by atoms with Gasteiger partial charge in [0.15, 0.2) is 5.96 Å². The molecule has 0 saturated heterocycles. The van der Waals surface area contributed by atoms with Crippen LogP contribution < -0.4 is 11.1 Å². The van der Waals surface area contributed by atoms with Crippen LogP contribution >= 0.6 is 0 Å². The first kappa shape index (κ1) is 20.9. The molecule has 0 aliphatic heterocycles. The monoisotopic (exact) mass is 388 g/mol. The van der Waals surface area contributed by atoms with Crippen molar-refractivity contribution >= 4 is 21.7 Å². The van der Waals surface area contributed by atoms with Crippen LogP contribution in [0.1, 0.15) is 30.5 Å². The molecule has 0 aromatic heterocycles. The van der Waals surface area contributed by atoms with Crippen molar-refractivity contribution in [2.45, 2.75) is 38.1 Å². The van der Waals surface area contributed by atoms with Crippen molar-refractivity contribution < 1.29 is 8.42 Å². The standard InChI is InChI=1S/C20H28N4O2S/c1-5-15-11-9-12-16(6-2)19(15)23-20(21)22-14-17-10-7-8-13-18(17)27(25,26)24(3)4/h7-13H,5-6,14H2,1-4H3,(H3,21,22,23). The summed E-state index contributed by atoms with van der Waals surface area (Å²) in [6.45, 7) is 4.36. The van der Waals surface area contributed by atoms with Crippen molar-refractivity contribution in [2.24, 2.45) is 10.7 Å². The van der Waals surface area contributed by atoms with E-state index >= 15 is 0 Å². The third-order valence-electron chi connectivity index (χ3n) is 4.40. The van der Waals surface area contributed by atoms with Gasteiger partial charge in [-0.1, -0.05) is 50.2 Å². The Morgan fingerprint density at radius 2 is 1.56 bits per heavy atom. The highest BCUT2D eigenvalue weighted by Gasteiger charge is 2.20. The van der Waals surface area contributed by atoms with Crippen molar-refractivity contribution in [3.05, 3.63) is 59.2 Å². The summed E-state index contributed by atoms with van der Waals surface area (Å²) >= 11 is 0. The molecular formula is C20H28N4O2S. The minimum absolute atomic E-state index is 0.178. The molecule has 0 radical (unpaired) electrons. The summed E-state index contributed by atoms with van der Waals surface area (Å²) in [5.74, 6) is 0.266. The number of anilines is 1. The van der Waals surface area contributed by atoms with Crippen LogP contribution in [0.4, 0.5) is 5.69 Å². The summed E-state index contributed by atoms with van der Waals surface area (Å²) in [5, 5.41) is 3.20. The zero-order valence-corrected chi connectivity index (χ0v) is 17.2. The third kappa shape index (κ3) is 4.87. The van der Waals surface area contributed by atoms with E-state index in [1.54, 1.807) is 24.3 Å². The van der Waals surface area contributed by atoms with Crippen LogP contribution in [0.25, 0.3) is 0 Å². The maximum Gasteiger partial charge on any atom is 0.242 e. The van der Waals surface area contributed by atoms with Crippen molar-refractivity contribution in [3.63, 3.8) is 0 Å². The van der Waals surface area contributed by atoms with E-state index in [4.69, 9.17) is 5.73 Å². The topological polar surface area (TPSA) is 87.8 Å². The van der Waals surface area contributed by atoms with E-state index in [9.17, 15) is 8.42 Å². The Balaban J connectivity index is 2.28. The number of nitrogens with zero attached hydrogens (tertiary/aromatic N) is 2. The fourth-order valence-corrected chi connectivity index (χ4v) is 3.93. The molecule has 2 aromatic carbocycles. The second-order valence-electron chi connectivity index (χ2n) is 6.38. The molecule has 27 heavy (non-hydrogen) atoms. The lowest BCUT2D eigenvalue weighted by Crippen LogP contribution is -2.25. The van der Waals surface area contributed by atoms with Crippen LogP contribution in [0.5, 0.6) is 0 Å². The number of sulfonamides is 1. The average Bonchev–Trinajstić information content (AvgIpc) is 2.66. The maximum atomic E-state index is 12.5. The van der Waals surface area contributed by atoms with Crippen molar-refractivity contribution in [3.8, 4) is 0 Å². The van der Waals surface area contributed by atoms with Gasteiger partial charge in [-0.05, 0) is 35.6 Å². The second-order valence-corrected chi connectivity index (χ2v) is 8.50. The third-order valence-corrected chi connectivity index (χ3v) is 6.32. The van der Waals surface area contributed by atoms with E-state index in [2.05, 4.69) is 36.3 Å². The molecule has 0 aliphatic rings. The van der Waals surface area contributed by atoms with Crippen LogP contribution in [0.2, 0.25) is 0 Å². The van der Waals surface area contributed by atoms with Crippen LogP contribution in [-0.4, -0.2) is 32.8 Å². The van der Waals surface area contributed by atoms with Gasteiger partial charge in [0.2, 0.25) is 10.0 Å². The number of nitrogens with two attached hydrogens (primary N) is 1. The van der Waals surface area contributed by atoms with Gasteiger partial charge in [-0.15, -0.1) is 0 Å². The normalized spacial score (nSPS) is 12.4. The first-order valence-electron chi connectivity index (χ1n) is 8.99.